The molecular weight excluding hydrogens is 332 g/mol. The standard InChI is InChI=1S/C19H38N4O3/c1-8-11-20(4)13-17(24)22(6)15-19(26)23(7)14-18(25)21(5)12-9-10-16(2)3/h16H,8-15H2,1-7H3. The average Bonchev–Trinajstić information content (AvgIpc) is 2.53. The topological polar surface area (TPSA) is 64.2 Å². The van der Waals surface area contributed by atoms with Gasteiger partial charge in [-0.15, -0.1) is 0 Å². The Labute approximate surface area is 159 Å². The van der Waals surface area contributed by atoms with Crippen molar-refractivity contribution in [3.63, 3.8) is 0 Å². The Morgan fingerprint density at radius 2 is 1.19 bits per heavy atom. The third-order valence-corrected chi connectivity index (χ3v) is 4.31. The first-order valence-corrected chi connectivity index (χ1v) is 9.48. The Balaban J connectivity index is 4.32. The summed E-state index contributed by atoms with van der Waals surface area (Å²) >= 11 is 0. The molecule has 0 radical (unpaired) electrons. The molecule has 0 aliphatic carbocycles. The second-order valence-corrected chi connectivity index (χ2v) is 7.59. The molecule has 0 unspecified atom stereocenters. The Kier molecular flexibility index (Phi) is 11.9. The second kappa shape index (κ2) is 12.7. The Morgan fingerprint density at radius 1 is 0.731 bits per heavy atom. The lowest BCUT2D eigenvalue weighted by molar-refractivity contribution is -0.142. The van der Waals surface area contributed by atoms with E-state index in [2.05, 4.69) is 20.8 Å². The number of likely N-dealkylation sites (N-methyl/N-ethyl adjacent to an activating group) is 4. The summed E-state index contributed by atoms with van der Waals surface area (Å²) in [6.45, 7) is 8.22. The normalized spacial score (nSPS) is 11.0. The lowest BCUT2D eigenvalue weighted by atomic mass is 10.1. The van der Waals surface area contributed by atoms with E-state index < -0.39 is 0 Å². The van der Waals surface area contributed by atoms with Crippen LogP contribution in [0.5, 0.6) is 0 Å². The lowest BCUT2D eigenvalue weighted by Gasteiger charge is -2.25. The highest BCUT2D eigenvalue weighted by Gasteiger charge is 2.20. The molecule has 0 aliphatic heterocycles. The maximum atomic E-state index is 12.3. The molecule has 0 heterocycles. The van der Waals surface area contributed by atoms with Crippen LogP contribution in [0.4, 0.5) is 0 Å². The highest BCUT2D eigenvalue weighted by Crippen LogP contribution is 2.04. The van der Waals surface area contributed by atoms with Gasteiger partial charge in [0.2, 0.25) is 17.7 Å². The zero-order chi connectivity index (χ0) is 20.3. The van der Waals surface area contributed by atoms with Crippen LogP contribution in [0.2, 0.25) is 0 Å². The third-order valence-electron chi connectivity index (χ3n) is 4.31. The zero-order valence-electron chi connectivity index (χ0n) is 17.7. The van der Waals surface area contributed by atoms with Gasteiger partial charge >= 0.3 is 0 Å². The second-order valence-electron chi connectivity index (χ2n) is 7.59. The minimum absolute atomic E-state index is 0.0142. The molecule has 0 N–H and O–H groups in total. The summed E-state index contributed by atoms with van der Waals surface area (Å²) in [7, 11) is 6.87. The first-order valence-electron chi connectivity index (χ1n) is 9.48. The Hall–Kier alpha value is -1.63. The Morgan fingerprint density at radius 3 is 1.65 bits per heavy atom. The van der Waals surface area contributed by atoms with E-state index in [-0.39, 0.29) is 30.8 Å². The van der Waals surface area contributed by atoms with Gasteiger partial charge in [0.05, 0.1) is 19.6 Å². The predicted molar refractivity (Wildman–Crippen MR) is 105 cm³/mol. The number of nitrogens with zero attached hydrogens (tertiary/aromatic N) is 4. The van der Waals surface area contributed by atoms with E-state index in [1.807, 2.05) is 11.9 Å². The number of hydrogen-bond donors (Lipinski definition) is 0. The maximum absolute atomic E-state index is 12.3. The molecule has 0 aromatic rings. The van der Waals surface area contributed by atoms with Crippen molar-refractivity contribution in [2.75, 3.05) is 60.9 Å². The van der Waals surface area contributed by atoms with Gasteiger partial charge in [0.15, 0.2) is 0 Å². The van der Waals surface area contributed by atoms with E-state index in [1.54, 1.807) is 26.0 Å². The smallest absolute Gasteiger partial charge is 0.242 e. The fraction of sp³-hybridized carbons (Fsp3) is 0.842. The monoisotopic (exact) mass is 370 g/mol. The van der Waals surface area contributed by atoms with Crippen molar-refractivity contribution < 1.29 is 14.4 Å². The molecule has 0 aromatic heterocycles. The van der Waals surface area contributed by atoms with Crippen LogP contribution in [0, 0.1) is 5.92 Å². The molecule has 0 fully saturated rings. The van der Waals surface area contributed by atoms with E-state index in [0.717, 1.165) is 25.8 Å². The molecule has 0 spiro atoms. The van der Waals surface area contributed by atoms with Gasteiger partial charge in [0.1, 0.15) is 0 Å². The first kappa shape index (κ1) is 24.4. The summed E-state index contributed by atoms with van der Waals surface area (Å²) in [5.41, 5.74) is 0. The summed E-state index contributed by atoms with van der Waals surface area (Å²) < 4.78 is 0. The quantitative estimate of drug-likeness (QED) is 0.517. The minimum Gasteiger partial charge on any atom is -0.344 e. The van der Waals surface area contributed by atoms with Crippen LogP contribution in [-0.4, -0.2) is 98.2 Å². The molecule has 0 saturated heterocycles. The fourth-order valence-corrected chi connectivity index (χ4v) is 2.50. The van der Waals surface area contributed by atoms with Crippen LogP contribution >= 0.6 is 0 Å². The highest BCUT2D eigenvalue weighted by atomic mass is 16.2. The summed E-state index contributed by atoms with van der Waals surface area (Å²) in [4.78, 5) is 43.0. The van der Waals surface area contributed by atoms with Crippen molar-refractivity contribution in [2.24, 2.45) is 5.92 Å². The molecule has 0 bridgehead atoms. The molecule has 152 valence electrons. The predicted octanol–water partition coefficient (Wildman–Crippen LogP) is 1.14. The van der Waals surface area contributed by atoms with Crippen LogP contribution in [0.15, 0.2) is 0 Å². The number of carbonyl (C=O) groups excluding carboxylic acids is 3. The number of hydrogen-bond acceptors (Lipinski definition) is 4. The minimum atomic E-state index is -0.233. The molecule has 0 saturated carbocycles. The summed E-state index contributed by atoms with van der Waals surface area (Å²) in [6.07, 6.45) is 3.01. The summed E-state index contributed by atoms with van der Waals surface area (Å²) in [5.74, 6) is 0.205. The molecule has 0 rings (SSSR count). The SMILES string of the molecule is CCCN(C)CC(=O)N(C)CC(=O)N(C)CC(=O)N(C)CCCC(C)C. The van der Waals surface area contributed by atoms with Gasteiger partial charge in [-0.2, -0.15) is 0 Å². The molecule has 7 nitrogen and oxygen atoms in total. The molecule has 3 amide bonds. The number of carbonyl (C=O) groups is 3. The van der Waals surface area contributed by atoms with Crippen LogP contribution in [-0.2, 0) is 14.4 Å². The van der Waals surface area contributed by atoms with E-state index in [1.165, 1.54) is 9.80 Å². The van der Waals surface area contributed by atoms with E-state index in [9.17, 15) is 14.4 Å². The number of rotatable bonds is 12. The summed E-state index contributed by atoms with van der Waals surface area (Å²) in [5, 5.41) is 0. The van der Waals surface area contributed by atoms with Gasteiger partial charge < -0.3 is 14.7 Å². The number of amides is 3. The van der Waals surface area contributed by atoms with Crippen molar-refractivity contribution in [1.29, 1.82) is 0 Å². The first-order chi connectivity index (χ1) is 12.1. The molecule has 7 heteroatoms. The van der Waals surface area contributed by atoms with E-state index >= 15 is 0 Å². The maximum Gasteiger partial charge on any atom is 0.242 e. The van der Waals surface area contributed by atoms with Gasteiger partial charge in [0, 0.05) is 27.7 Å². The highest BCUT2D eigenvalue weighted by molar-refractivity contribution is 5.88. The molecule has 0 atom stereocenters. The van der Waals surface area contributed by atoms with Gasteiger partial charge in [0.25, 0.3) is 0 Å². The average molecular weight is 371 g/mol. The molecule has 0 aromatic carbocycles. The van der Waals surface area contributed by atoms with Crippen LogP contribution < -0.4 is 0 Å². The van der Waals surface area contributed by atoms with Crippen LogP contribution in [0.3, 0.4) is 0 Å². The lowest BCUT2D eigenvalue weighted by Crippen LogP contribution is -2.45. The Bertz CT molecular complexity index is 454. The van der Waals surface area contributed by atoms with Gasteiger partial charge in [-0.1, -0.05) is 20.8 Å². The van der Waals surface area contributed by atoms with Gasteiger partial charge in [-0.25, -0.2) is 0 Å². The van der Waals surface area contributed by atoms with Crippen molar-refractivity contribution in [3.05, 3.63) is 0 Å². The van der Waals surface area contributed by atoms with E-state index in [4.69, 9.17) is 0 Å². The molecule has 26 heavy (non-hydrogen) atoms. The van der Waals surface area contributed by atoms with Crippen molar-refractivity contribution in [1.82, 2.24) is 19.6 Å². The van der Waals surface area contributed by atoms with Crippen molar-refractivity contribution >= 4 is 17.7 Å². The van der Waals surface area contributed by atoms with Crippen molar-refractivity contribution in [2.45, 2.75) is 40.0 Å². The summed E-state index contributed by atoms with van der Waals surface area (Å²) in [6, 6.07) is 0. The third kappa shape index (κ3) is 10.4. The largest absolute Gasteiger partial charge is 0.344 e. The zero-order valence-corrected chi connectivity index (χ0v) is 17.7. The molecular formula is C19H38N4O3. The van der Waals surface area contributed by atoms with Gasteiger partial charge in [-0.05, 0) is 38.8 Å². The van der Waals surface area contributed by atoms with Crippen LogP contribution in [0.1, 0.15) is 40.0 Å². The molecule has 0 aliphatic rings. The van der Waals surface area contributed by atoms with Gasteiger partial charge in [-0.3, -0.25) is 19.3 Å². The van der Waals surface area contributed by atoms with Crippen molar-refractivity contribution in [3.8, 4) is 0 Å². The van der Waals surface area contributed by atoms with E-state index in [0.29, 0.717) is 19.0 Å². The van der Waals surface area contributed by atoms with Crippen LogP contribution in [0.25, 0.3) is 0 Å². The fourth-order valence-electron chi connectivity index (χ4n) is 2.50.